The Morgan fingerprint density at radius 2 is 1.73 bits per heavy atom. The van der Waals surface area contributed by atoms with Crippen LogP contribution in [0.15, 0.2) is 0 Å². The van der Waals surface area contributed by atoms with Gasteiger partial charge in [-0.05, 0) is 37.5 Å². The summed E-state index contributed by atoms with van der Waals surface area (Å²) >= 11 is 0. The van der Waals surface area contributed by atoms with Gasteiger partial charge >= 0.3 is 11.9 Å². The van der Waals surface area contributed by atoms with Gasteiger partial charge in [0.05, 0.1) is 0 Å². The average Bonchev–Trinajstić information content (AvgIpc) is 2.47. The number of aliphatic hydroxyl groups is 1. The van der Waals surface area contributed by atoms with Gasteiger partial charge in [-0.1, -0.05) is 40.5 Å². The molecule has 2 N–H and O–H groups in total. The molecule has 5 nitrogen and oxygen atoms in total. The molecule has 0 aliphatic heterocycles. The zero-order valence-electron chi connectivity index (χ0n) is 14.2. The van der Waals surface area contributed by atoms with Crippen molar-refractivity contribution in [2.75, 3.05) is 0 Å². The van der Waals surface area contributed by atoms with Crippen LogP contribution in [0, 0.1) is 17.8 Å². The SMILES string of the molecule is CCCC1CCC(OC(=O)[C@@](O)(C(=O)O)C(C)C(C)C)CC1. The third kappa shape index (κ3) is 4.22. The molecular formula is C17H30O5. The van der Waals surface area contributed by atoms with E-state index in [4.69, 9.17) is 4.74 Å². The van der Waals surface area contributed by atoms with E-state index in [1.54, 1.807) is 20.8 Å². The molecule has 0 heterocycles. The summed E-state index contributed by atoms with van der Waals surface area (Å²) < 4.78 is 5.35. The maximum atomic E-state index is 12.3. The van der Waals surface area contributed by atoms with Gasteiger partial charge in [-0.15, -0.1) is 0 Å². The van der Waals surface area contributed by atoms with Crippen LogP contribution in [0.4, 0.5) is 0 Å². The normalized spacial score (nSPS) is 26.3. The number of carboxylic acid groups (broad SMARTS) is 1. The Morgan fingerprint density at radius 1 is 1.18 bits per heavy atom. The molecule has 0 bridgehead atoms. The van der Waals surface area contributed by atoms with Crippen LogP contribution in [0.5, 0.6) is 0 Å². The molecule has 1 fully saturated rings. The first-order chi connectivity index (χ1) is 10.2. The van der Waals surface area contributed by atoms with Crippen molar-refractivity contribution < 1.29 is 24.5 Å². The van der Waals surface area contributed by atoms with E-state index in [9.17, 15) is 19.8 Å². The molecular weight excluding hydrogens is 284 g/mol. The maximum Gasteiger partial charge on any atom is 0.350 e. The fourth-order valence-corrected chi connectivity index (χ4v) is 3.14. The van der Waals surface area contributed by atoms with Crippen molar-refractivity contribution in [3.05, 3.63) is 0 Å². The second-order valence-electron chi connectivity index (χ2n) is 6.94. The molecule has 0 aromatic carbocycles. The van der Waals surface area contributed by atoms with Gasteiger partial charge in [-0.2, -0.15) is 0 Å². The third-order valence-electron chi connectivity index (χ3n) is 5.06. The monoisotopic (exact) mass is 314 g/mol. The summed E-state index contributed by atoms with van der Waals surface area (Å²) in [5.74, 6) is -2.73. The minimum atomic E-state index is -2.46. The standard InChI is InChI=1S/C17H30O5/c1-5-6-13-7-9-14(10-8-13)22-16(20)17(21,15(18)19)12(4)11(2)3/h11-14,21H,5-10H2,1-4H3,(H,18,19)/t12?,13?,14?,17-/m0/s1. The molecule has 1 unspecified atom stereocenters. The Kier molecular flexibility index (Phi) is 6.85. The van der Waals surface area contributed by atoms with Crippen LogP contribution in [-0.2, 0) is 14.3 Å². The van der Waals surface area contributed by atoms with Crippen LogP contribution in [0.2, 0.25) is 0 Å². The third-order valence-corrected chi connectivity index (χ3v) is 5.06. The number of ether oxygens (including phenoxy) is 1. The fraction of sp³-hybridized carbons (Fsp3) is 0.882. The number of esters is 1. The molecule has 5 heteroatoms. The lowest BCUT2D eigenvalue weighted by Gasteiger charge is -2.34. The topological polar surface area (TPSA) is 83.8 Å². The summed E-state index contributed by atoms with van der Waals surface area (Å²) in [6, 6.07) is 0. The molecule has 1 rings (SSSR count). The molecule has 1 aliphatic rings. The Labute approximate surface area is 133 Å². The van der Waals surface area contributed by atoms with Gasteiger partial charge in [0.25, 0.3) is 5.60 Å². The first-order valence-corrected chi connectivity index (χ1v) is 8.40. The highest BCUT2D eigenvalue weighted by Crippen LogP contribution is 2.32. The summed E-state index contributed by atoms with van der Waals surface area (Å²) in [4.78, 5) is 23.7. The van der Waals surface area contributed by atoms with Crippen molar-refractivity contribution in [2.24, 2.45) is 17.8 Å². The Morgan fingerprint density at radius 3 is 2.14 bits per heavy atom. The molecule has 128 valence electrons. The highest BCUT2D eigenvalue weighted by Gasteiger charge is 2.52. The van der Waals surface area contributed by atoms with Gasteiger partial charge in [0.15, 0.2) is 0 Å². The number of hydrogen-bond donors (Lipinski definition) is 2. The van der Waals surface area contributed by atoms with Crippen molar-refractivity contribution in [3.63, 3.8) is 0 Å². The van der Waals surface area contributed by atoms with Gasteiger partial charge in [0, 0.05) is 5.92 Å². The van der Waals surface area contributed by atoms with Gasteiger partial charge in [-0.25, -0.2) is 9.59 Å². The van der Waals surface area contributed by atoms with Crippen molar-refractivity contribution in [2.45, 2.75) is 77.9 Å². The van der Waals surface area contributed by atoms with Crippen molar-refractivity contribution in [1.82, 2.24) is 0 Å². The first-order valence-electron chi connectivity index (χ1n) is 8.40. The Balaban J connectivity index is 2.68. The largest absolute Gasteiger partial charge is 0.479 e. The van der Waals surface area contributed by atoms with E-state index in [0.29, 0.717) is 5.92 Å². The van der Waals surface area contributed by atoms with E-state index < -0.39 is 23.5 Å². The molecule has 1 aliphatic carbocycles. The van der Waals surface area contributed by atoms with Crippen LogP contribution >= 0.6 is 0 Å². The second kappa shape index (κ2) is 7.95. The molecule has 0 saturated heterocycles. The number of aliphatic carboxylic acids is 1. The van der Waals surface area contributed by atoms with Crippen LogP contribution in [0.3, 0.4) is 0 Å². The van der Waals surface area contributed by atoms with E-state index in [1.165, 1.54) is 6.42 Å². The summed E-state index contributed by atoms with van der Waals surface area (Å²) in [6.45, 7) is 7.29. The van der Waals surface area contributed by atoms with E-state index >= 15 is 0 Å². The molecule has 0 amide bonds. The van der Waals surface area contributed by atoms with E-state index in [-0.39, 0.29) is 12.0 Å². The van der Waals surface area contributed by atoms with E-state index in [1.807, 2.05) is 0 Å². The summed E-state index contributed by atoms with van der Waals surface area (Å²) in [6.07, 6.45) is 5.56. The zero-order chi connectivity index (χ0) is 16.9. The van der Waals surface area contributed by atoms with Crippen molar-refractivity contribution in [3.8, 4) is 0 Å². The smallest absolute Gasteiger partial charge is 0.350 e. The Hall–Kier alpha value is -1.10. The van der Waals surface area contributed by atoms with Gasteiger partial charge in [0.2, 0.25) is 0 Å². The molecule has 22 heavy (non-hydrogen) atoms. The van der Waals surface area contributed by atoms with Crippen molar-refractivity contribution >= 4 is 11.9 Å². The number of carbonyl (C=O) groups excluding carboxylic acids is 1. The second-order valence-corrected chi connectivity index (χ2v) is 6.94. The lowest BCUT2D eigenvalue weighted by molar-refractivity contribution is -0.192. The molecule has 1 saturated carbocycles. The summed E-state index contributed by atoms with van der Waals surface area (Å²) in [5, 5.41) is 19.7. The van der Waals surface area contributed by atoms with E-state index in [2.05, 4.69) is 6.92 Å². The predicted octanol–water partition coefficient (Wildman–Crippen LogP) is 3.00. The molecule has 0 radical (unpaired) electrons. The molecule has 0 aromatic rings. The molecule has 2 atom stereocenters. The highest BCUT2D eigenvalue weighted by atomic mass is 16.6. The number of carbonyl (C=O) groups is 2. The number of rotatable bonds is 7. The van der Waals surface area contributed by atoms with Crippen molar-refractivity contribution in [1.29, 1.82) is 0 Å². The lowest BCUT2D eigenvalue weighted by atomic mass is 9.80. The zero-order valence-corrected chi connectivity index (χ0v) is 14.2. The lowest BCUT2D eigenvalue weighted by Crippen LogP contribution is -2.55. The van der Waals surface area contributed by atoms with Gasteiger partial charge in [-0.3, -0.25) is 0 Å². The molecule has 0 aromatic heterocycles. The minimum absolute atomic E-state index is 0.144. The van der Waals surface area contributed by atoms with Crippen LogP contribution in [-0.4, -0.2) is 33.9 Å². The number of hydrogen-bond acceptors (Lipinski definition) is 4. The van der Waals surface area contributed by atoms with Crippen LogP contribution < -0.4 is 0 Å². The first kappa shape index (κ1) is 18.9. The number of carboxylic acids is 1. The summed E-state index contributed by atoms with van der Waals surface area (Å²) in [7, 11) is 0. The molecule has 0 spiro atoms. The highest BCUT2D eigenvalue weighted by molar-refractivity contribution is 6.02. The Bertz CT molecular complexity index is 385. The quantitative estimate of drug-likeness (QED) is 0.557. The van der Waals surface area contributed by atoms with Gasteiger partial charge in [0.1, 0.15) is 6.10 Å². The average molecular weight is 314 g/mol. The minimum Gasteiger partial charge on any atom is -0.479 e. The van der Waals surface area contributed by atoms with Crippen LogP contribution in [0.25, 0.3) is 0 Å². The van der Waals surface area contributed by atoms with E-state index in [0.717, 1.165) is 32.1 Å². The van der Waals surface area contributed by atoms with Crippen LogP contribution in [0.1, 0.15) is 66.2 Å². The maximum absolute atomic E-state index is 12.3. The van der Waals surface area contributed by atoms with Gasteiger partial charge < -0.3 is 14.9 Å². The predicted molar refractivity (Wildman–Crippen MR) is 83.3 cm³/mol. The summed E-state index contributed by atoms with van der Waals surface area (Å²) in [5.41, 5.74) is -2.46. The fourth-order valence-electron chi connectivity index (χ4n) is 3.14.